The van der Waals surface area contributed by atoms with Gasteiger partial charge in [-0.05, 0) is 39.7 Å². The van der Waals surface area contributed by atoms with Crippen LogP contribution in [0.3, 0.4) is 0 Å². The van der Waals surface area contributed by atoms with Gasteiger partial charge in [0.15, 0.2) is 0 Å². The lowest BCUT2D eigenvalue weighted by Gasteiger charge is -2.36. The summed E-state index contributed by atoms with van der Waals surface area (Å²) in [5, 5.41) is 3.59. The predicted octanol–water partition coefficient (Wildman–Crippen LogP) is 2.43. The van der Waals surface area contributed by atoms with Gasteiger partial charge < -0.3 is 15.0 Å². The van der Waals surface area contributed by atoms with Gasteiger partial charge in [-0.2, -0.15) is 0 Å². The van der Waals surface area contributed by atoms with Gasteiger partial charge in [-0.15, -0.1) is 0 Å². The first-order valence-corrected chi connectivity index (χ1v) is 7.73. The zero-order valence-corrected chi connectivity index (χ0v) is 14.1. The minimum Gasteiger partial charge on any atom is -0.379 e. The molecule has 0 aromatic heterocycles. The van der Waals surface area contributed by atoms with Crippen LogP contribution in [0.25, 0.3) is 0 Å². The maximum Gasteiger partial charge on any atom is 0.227 e. The van der Waals surface area contributed by atoms with E-state index in [1.165, 1.54) is 0 Å². The van der Waals surface area contributed by atoms with Gasteiger partial charge in [-0.25, -0.2) is 0 Å². The summed E-state index contributed by atoms with van der Waals surface area (Å²) in [6, 6.07) is 0.534. The van der Waals surface area contributed by atoms with Gasteiger partial charge in [0.2, 0.25) is 5.91 Å². The summed E-state index contributed by atoms with van der Waals surface area (Å²) >= 11 is 0. The Morgan fingerprint density at radius 2 is 1.75 bits per heavy atom. The molecule has 0 aromatic rings. The zero-order chi connectivity index (χ0) is 15.4. The summed E-state index contributed by atoms with van der Waals surface area (Å²) in [5.74, 6) is 0.275. The van der Waals surface area contributed by atoms with Crippen molar-refractivity contribution in [1.29, 1.82) is 0 Å². The highest BCUT2D eigenvalue weighted by Crippen LogP contribution is 2.21. The van der Waals surface area contributed by atoms with E-state index in [0.29, 0.717) is 6.04 Å². The Bertz CT molecular complexity index is 313. The fourth-order valence-electron chi connectivity index (χ4n) is 2.44. The Balaban J connectivity index is 2.28. The van der Waals surface area contributed by atoms with Crippen LogP contribution in [0.1, 0.15) is 53.9 Å². The van der Waals surface area contributed by atoms with E-state index in [1.54, 1.807) is 7.11 Å². The van der Waals surface area contributed by atoms with Crippen molar-refractivity contribution < 1.29 is 9.53 Å². The van der Waals surface area contributed by atoms with Gasteiger partial charge in [0, 0.05) is 31.7 Å². The van der Waals surface area contributed by atoms with Crippen molar-refractivity contribution in [3.63, 3.8) is 0 Å². The third kappa shape index (κ3) is 5.41. The molecular weight excluding hydrogens is 252 g/mol. The summed E-state index contributed by atoms with van der Waals surface area (Å²) in [6.07, 6.45) is 3.11. The molecule has 0 bridgehead atoms. The molecule has 0 unspecified atom stereocenters. The Kier molecular flexibility index (Phi) is 6.02. The van der Waals surface area contributed by atoms with Crippen LogP contribution in [0.2, 0.25) is 0 Å². The number of rotatable bonds is 5. The van der Waals surface area contributed by atoms with Crippen molar-refractivity contribution in [2.75, 3.05) is 26.7 Å². The number of hydrogen-bond donors (Lipinski definition) is 1. The number of ether oxygens (including phenoxy) is 1. The lowest BCUT2D eigenvalue weighted by atomic mass is 9.93. The molecule has 0 aliphatic carbocycles. The topological polar surface area (TPSA) is 41.6 Å². The molecule has 4 nitrogen and oxygen atoms in total. The van der Waals surface area contributed by atoms with E-state index in [9.17, 15) is 4.79 Å². The van der Waals surface area contributed by atoms with E-state index < -0.39 is 0 Å². The molecule has 0 radical (unpaired) electrons. The van der Waals surface area contributed by atoms with E-state index in [4.69, 9.17) is 4.74 Å². The maximum atomic E-state index is 12.2. The number of hydrogen-bond acceptors (Lipinski definition) is 3. The van der Waals surface area contributed by atoms with Crippen molar-refractivity contribution in [2.45, 2.75) is 65.5 Å². The van der Waals surface area contributed by atoms with Crippen molar-refractivity contribution in [3.05, 3.63) is 0 Å². The molecule has 4 heteroatoms. The molecule has 118 valence electrons. The summed E-state index contributed by atoms with van der Waals surface area (Å²) in [7, 11) is 1.76. The predicted molar refractivity (Wildman–Crippen MR) is 82.8 cm³/mol. The normalized spacial score (nSPS) is 18.4. The molecule has 0 aromatic carbocycles. The molecule has 1 rings (SSSR count). The molecule has 20 heavy (non-hydrogen) atoms. The Hall–Kier alpha value is -0.610. The average Bonchev–Trinajstić information content (AvgIpc) is 2.37. The van der Waals surface area contributed by atoms with Crippen LogP contribution in [-0.4, -0.2) is 49.2 Å². The number of nitrogens with zero attached hydrogens (tertiary/aromatic N) is 1. The molecule has 0 spiro atoms. The number of nitrogens with one attached hydrogen (secondary N) is 1. The second kappa shape index (κ2) is 6.90. The van der Waals surface area contributed by atoms with Crippen LogP contribution in [0, 0.1) is 5.41 Å². The monoisotopic (exact) mass is 284 g/mol. The fourth-order valence-corrected chi connectivity index (χ4v) is 2.44. The van der Waals surface area contributed by atoms with E-state index >= 15 is 0 Å². The van der Waals surface area contributed by atoms with Crippen molar-refractivity contribution in [3.8, 4) is 0 Å². The fraction of sp³-hybridized carbons (Fsp3) is 0.938. The highest BCUT2D eigenvalue weighted by molar-refractivity contribution is 5.81. The van der Waals surface area contributed by atoms with Crippen LogP contribution in [0.4, 0.5) is 0 Å². The van der Waals surface area contributed by atoms with Gasteiger partial charge in [-0.1, -0.05) is 20.8 Å². The van der Waals surface area contributed by atoms with Crippen LogP contribution in [0.15, 0.2) is 0 Å². The van der Waals surface area contributed by atoms with E-state index in [1.807, 2.05) is 25.7 Å². The first kappa shape index (κ1) is 17.4. The van der Waals surface area contributed by atoms with Gasteiger partial charge in [0.1, 0.15) is 0 Å². The number of amides is 1. The quantitative estimate of drug-likeness (QED) is 0.843. The van der Waals surface area contributed by atoms with Crippen LogP contribution >= 0.6 is 0 Å². The maximum absolute atomic E-state index is 12.2. The van der Waals surface area contributed by atoms with Crippen molar-refractivity contribution >= 4 is 5.91 Å². The van der Waals surface area contributed by atoms with Crippen LogP contribution in [0.5, 0.6) is 0 Å². The highest BCUT2D eigenvalue weighted by atomic mass is 16.5. The summed E-state index contributed by atoms with van der Waals surface area (Å²) < 4.78 is 5.42. The Labute approximate surface area is 124 Å². The summed E-state index contributed by atoms with van der Waals surface area (Å²) in [5.41, 5.74) is -0.321. The zero-order valence-electron chi connectivity index (χ0n) is 14.1. The Morgan fingerprint density at radius 3 is 2.20 bits per heavy atom. The number of likely N-dealkylation sites (tertiary alicyclic amines) is 1. The van der Waals surface area contributed by atoms with Crippen LogP contribution < -0.4 is 5.32 Å². The molecule has 1 heterocycles. The summed E-state index contributed by atoms with van der Waals surface area (Å²) in [4.78, 5) is 14.2. The first-order chi connectivity index (χ1) is 9.15. The van der Waals surface area contributed by atoms with E-state index in [2.05, 4.69) is 19.2 Å². The number of piperidine rings is 1. The standard InChI is InChI=1S/C16H32N2O2/c1-15(2,3)14(19)18-11-7-13(8-12-18)17-10-9-16(4,5)20-6/h13,17H,7-12H2,1-6H3. The first-order valence-electron chi connectivity index (χ1n) is 7.73. The average molecular weight is 284 g/mol. The molecule has 1 amide bonds. The highest BCUT2D eigenvalue weighted by Gasteiger charge is 2.30. The number of methoxy groups -OCH3 is 1. The third-order valence-corrected chi connectivity index (χ3v) is 4.14. The minimum atomic E-state index is -0.261. The SMILES string of the molecule is COC(C)(C)CCNC1CCN(C(=O)C(C)(C)C)CC1. The minimum absolute atomic E-state index is 0.0596. The third-order valence-electron chi connectivity index (χ3n) is 4.14. The molecule has 1 N–H and O–H groups in total. The number of carbonyl (C=O) groups is 1. The molecule has 1 saturated heterocycles. The Morgan fingerprint density at radius 1 is 1.20 bits per heavy atom. The second-order valence-corrected chi connectivity index (χ2v) is 7.48. The van der Waals surface area contributed by atoms with E-state index in [0.717, 1.165) is 38.9 Å². The smallest absolute Gasteiger partial charge is 0.227 e. The largest absolute Gasteiger partial charge is 0.379 e. The van der Waals surface area contributed by atoms with Gasteiger partial charge in [0.05, 0.1) is 5.60 Å². The number of carbonyl (C=O) groups excluding carboxylic acids is 1. The van der Waals surface area contributed by atoms with Gasteiger partial charge in [0.25, 0.3) is 0 Å². The molecule has 1 aliphatic rings. The lowest BCUT2D eigenvalue weighted by Crippen LogP contribution is -2.48. The van der Waals surface area contributed by atoms with Crippen molar-refractivity contribution in [2.24, 2.45) is 5.41 Å². The van der Waals surface area contributed by atoms with Crippen LogP contribution in [-0.2, 0) is 9.53 Å². The van der Waals surface area contributed by atoms with E-state index in [-0.39, 0.29) is 16.9 Å². The molecular formula is C16H32N2O2. The van der Waals surface area contributed by atoms with Crippen molar-refractivity contribution in [1.82, 2.24) is 10.2 Å². The molecule has 0 atom stereocenters. The lowest BCUT2D eigenvalue weighted by molar-refractivity contribution is -0.140. The molecule has 1 fully saturated rings. The summed E-state index contributed by atoms with van der Waals surface area (Å²) in [6.45, 7) is 12.9. The molecule has 0 saturated carbocycles. The molecule has 1 aliphatic heterocycles. The van der Waals surface area contributed by atoms with Gasteiger partial charge in [-0.3, -0.25) is 4.79 Å². The van der Waals surface area contributed by atoms with Gasteiger partial charge >= 0.3 is 0 Å². The second-order valence-electron chi connectivity index (χ2n) is 7.48.